The van der Waals surface area contributed by atoms with Crippen molar-refractivity contribution in [1.29, 1.82) is 5.26 Å². The summed E-state index contributed by atoms with van der Waals surface area (Å²) in [5.74, 6) is -0.0242. The Balaban J connectivity index is 1.73. The standard InChI is InChI=1S/C20H16N4O2/c21-11-15(19-22-16-7-3-2-6-14(16)20(26)23-19)18(25)12-24-10-9-13-5-1-4-8-17(13)24/h1-8,25H,9-10,12H2,(H,22,23,26)/b18-15-. The molecule has 0 radical (unpaired) electrons. The number of hydrogen-bond donors (Lipinski definition) is 2. The van der Waals surface area contributed by atoms with Crippen LogP contribution in [0, 0.1) is 11.3 Å². The molecule has 0 spiro atoms. The van der Waals surface area contributed by atoms with Gasteiger partial charge < -0.3 is 15.0 Å². The first-order valence-corrected chi connectivity index (χ1v) is 8.32. The van der Waals surface area contributed by atoms with E-state index in [2.05, 4.69) is 16.0 Å². The van der Waals surface area contributed by atoms with Crippen molar-refractivity contribution in [2.24, 2.45) is 0 Å². The molecule has 6 nitrogen and oxygen atoms in total. The number of aliphatic hydroxyl groups excluding tert-OH is 1. The number of aromatic nitrogens is 2. The molecule has 0 unspecified atom stereocenters. The Hall–Kier alpha value is -3.59. The molecule has 1 aliphatic rings. The van der Waals surface area contributed by atoms with E-state index in [4.69, 9.17) is 0 Å². The number of benzene rings is 2. The number of para-hydroxylation sites is 2. The maximum Gasteiger partial charge on any atom is 0.259 e. The number of fused-ring (bicyclic) bond motifs is 2. The summed E-state index contributed by atoms with van der Waals surface area (Å²) < 4.78 is 0. The monoisotopic (exact) mass is 344 g/mol. The van der Waals surface area contributed by atoms with E-state index >= 15 is 0 Å². The minimum absolute atomic E-state index is 0.0164. The molecular weight excluding hydrogens is 328 g/mol. The van der Waals surface area contributed by atoms with Gasteiger partial charge in [-0.05, 0) is 30.2 Å². The fraction of sp³-hybridized carbons (Fsp3) is 0.150. The van der Waals surface area contributed by atoms with Gasteiger partial charge in [0, 0.05) is 12.2 Å². The number of anilines is 1. The molecule has 0 saturated heterocycles. The van der Waals surface area contributed by atoms with E-state index in [1.54, 1.807) is 24.3 Å². The van der Waals surface area contributed by atoms with Crippen molar-refractivity contribution in [2.45, 2.75) is 6.42 Å². The van der Waals surface area contributed by atoms with E-state index in [-0.39, 0.29) is 29.3 Å². The number of hydrogen-bond acceptors (Lipinski definition) is 5. The van der Waals surface area contributed by atoms with Crippen LogP contribution in [-0.4, -0.2) is 28.2 Å². The van der Waals surface area contributed by atoms with Gasteiger partial charge in [-0.25, -0.2) is 4.98 Å². The molecule has 4 rings (SSSR count). The molecule has 6 heteroatoms. The predicted octanol–water partition coefficient (Wildman–Crippen LogP) is 2.78. The summed E-state index contributed by atoms with van der Waals surface area (Å²) in [6.07, 6.45) is 0.899. The Morgan fingerprint density at radius 3 is 2.85 bits per heavy atom. The zero-order valence-electron chi connectivity index (χ0n) is 13.9. The average Bonchev–Trinajstić information content (AvgIpc) is 3.05. The first kappa shape index (κ1) is 15.9. The molecule has 0 atom stereocenters. The van der Waals surface area contributed by atoms with Crippen LogP contribution in [-0.2, 0) is 6.42 Å². The maximum absolute atomic E-state index is 12.2. The maximum atomic E-state index is 12.2. The fourth-order valence-electron chi connectivity index (χ4n) is 3.29. The topological polar surface area (TPSA) is 93.0 Å². The third kappa shape index (κ3) is 2.70. The van der Waals surface area contributed by atoms with Crippen LogP contribution in [0.3, 0.4) is 0 Å². The quantitative estimate of drug-likeness (QED) is 0.563. The highest BCUT2D eigenvalue weighted by Gasteiger charge is 2.21. The van der Waals surface area contributed by atoms with Crippen molar-refractivity contribution < 1.29 is 5.11 Å². The lowest BCUT2D eigenvalue weighted by Crippen LogP contribution is -2.24. The van der Waals surface area contributed by atoms with Crippen LogP contribution in [0.25, 0.3) is 16.5 Å². The largest absolute Gasteiger partial charge is 0.509 e. The lowest BCUT2D eigenvalue weighted by molar-refractivity contribution is 0.403. The second-order valence-corrected chi connectivity index (χ2v) is 6.17. The minimum Gasteiger partial charge on any atom is -0.509 e. The van der Waals surface area contributed by atoms with Gasteiger partial charge in [-0.15, -0.1) is 0 Å². The van der Waals surface area contributed by atoms with Crippen molar-refractivity contribution in [2.75, 3.05) is 18.0 Å². The molecule has 0 saturated carbocycles. The molecule has 26 heavy (non-hydrogen) atoms. The zero-order valence-corrected chi connectivity index (χ0v) is 13.9. The van der Waals surface area contributed by atoms with E-state index in [0.717, 1.165) is 18.7 Å². The minimum atomic E-state index is -0.335. The Morgan fingerprint density at radius 1 is 1.23 bits per heavy atom. The normalized spacial score (nSPS) is 14.0. The van der Waals surface area contributed by atoms with E-state index in [1.807, 2.05) is 29.2 Å². The van der Waals surface area contributed by atoms with Crippen LogP contribution in [0.1, 0.15) is 11.4 Å². The summed E-state index contributed by atoms with van der Waals surface area (Å²) in [7, 11) is 0. The van der Waals surface area contributed by atoms with Crippen molar-refractivity contribution in [3.63, 3.8) is 0 Å². The van der Waals surface area contributed by atoms with E-state index in [0.29, 0.717) is 10.9 Å². The van der Waals surface area contributed by atoms with E-state index in [9.17, 15) is 15.2 Å². The van der Waals surface area contributed by atoms with Crippen molar-refractivity contribution in [3.8, 4) is 6.07 Å². The van der Waals surface area contributed by atoms with Gasteiger partial charge in [-0.1, -0.05) is 30.3 Å². The van der Waals surface area contributed by atoms with Gasteiger partial charge in [0.05, 0.1) is 17.4 Å². The molecule has 0 fully saturated rings. The van der Waals surface area contributed by atoms with Gasteiger partial charge in [0.1, 0.15) is 17.4 Å². The van der Waals surface area contributed by atoms with E-state index < -0.39 is 0 Å². The first-order valence-electron chi connectivity index (χ1n) is 8.32. The van der Waals surface area contributed by atoms with Gasteiger partial charge in [0.2, 0.25) is 0 Å². The summed E-state index contributed by atoms with van der Waals surface area (Å²) in [5, 5.41) is 20.5. The average molecular weight is 344 g/mol. The molecule has 128 valence electrons. The number of H-pyrrole nitrogens is 1. The molecule has 2 aromatic carbocycles. The highest BCUT2D eigenvalue weighted by atomic mass is 16.3. The molecule has 2 heterocycles. The summed E-state index contributed by atoms with van der Waals surface area (Å²) in [5.41, 5.74) is 2.40. The van der Waals surface area contributed by atoms with Crippen molar-refractivity contribution in [3.05, 3.63) is 76.0 Å². The Morgan fingerprint density at radius 2 is 2.00 bits per heavy atom. The molecule has 3 aromatic rings. The van der Waals surface area contributed by atoms with Crippen LogP contribution in [0.4, 0.5) is 5.69 Å². The van der Waals surface area contributed by atoms with Gasteiger partial charge in [0.25, 0.3) is 5.56 Å². The third-order valence-corrected chi connectivity index (χ3v) is 4.57. The Kier molecular flexibility index (Phi) is 3.90. The molecule has 1 aromatic heterocycles. The molecule has 0 bridgehead atoms. The van der Waals surface area contributed by atoms with Gasteiger partial charge in [-0.2, -0.15) is 5.26 Å². The third-order valence-electron chi connectivity index (χ3n) is 4.57. The van der Waals surface area contributed by atoms with Crippen molar-refractivity contribution in [1.82, 2.24) is 9.97 Å². The van der Waals surface area contributed by atoms with E-state index in [1.165, 1.54) is 5.56 Å². The van der Waals surface area contributed by atoms with Crippen LogP contribution in [0.5, 0.6) is 0 Å². The summed E-state index contributed by atoms with van der Waals surface area (Å²) >= 11 is 0. The molecule has 0 aliphatic carbocycles. The smallest absolute Gasteiger partial charge is 0.259 e. The van der Waals surface area contributed by atoms with Crippen LogP contribution >= 0.6 is 0 Å². The fourth-order valence-corrected chi connectivity index (χ4v) is 3.29. The lowest BCUT2D eigenvalue weighted by atomic mass is 10.1. The van der Waals surface area contributed by atoms with Crippen LogP contribution in [0.2, 0.25) is 0 Å². The van der Waals surface area contributed by atoms with Gasteiger partial charge in [0.15, 0.2) is 5.82 Å². The zero-order chi connectivity index (χ0) is 18.1. The summed E-state index contributed by atoms with van der Waals surface area (Å²) in [4.78, 5) is 21.2. The highest BCUT2D eigenvalue weighted by molar-refractivity contribution is 5.82. The van der Waals surface area contributed by atoms with Crippen molar-refractivity contribution >= 4 is 22.2 Å². The Labute approximate surface area is 149 Å². The number of nitrogens with one attached hydrogen (secondary N) is 1. The number of aliphatic hydroxyl groups is 1. The highest BCUT2D eigenvalue weighted by Crippen LogP contribution is 2.28. The molecular formula is C20H16N4O2. The lowest BCUT2D eigenvalue weighted by Gasteiger charge is -2.19. The summed E-state index contributed by atoms with van der Waals surface area (Å²) in [6, 6.07) is 16.9. The second-order valence-electron chi connectivity index (χ2n) is 6.17. The summed E-state index contributed by atoms with van der Waals surface area (Å²) in [6.45, 7) is 0.959. The van der Waals surface area contributed by atoms with Crippen LogP contribution in [0.15, 0.2) is 59.1 Å². The molecule has 0 amide bonds. The number of nitriles is 1. The van der Waals surface area contributed by atoms with Gasteiger partial charge in [-0.3, -0.25) is 4.79 Å². The second kappa shape index (κ2) is 6.37. The van der Waals surface area contributed by atoms with Gasteiger partial charge >= 0.3 is 0 Å². The first-order chi connectivity index (χ1) is 12.7. The molecule has 1 aliphatic heterocycles. The molecule has 2 N–H and O–H groups in total. The Bertz CT molecular complexity index is 1120. The van der Waals surface area contributed by atoms with Crippen LogP contribution < -0.4 is 10.5 Å². The predicted molar refractivity (Wildman–Crippen MR) is 99.9 cm³/mol. The number of allylic oxidation sites excluding steroid dienone is 1. The SMILES string of the molecule is N#C/C(=C(/O)CN1CCc2ccccc21)c1nc2ccccc2c(=O)[nH]1. The number of nitrogens with zero attached hydrogens (tertiary/aromatic N) is 3. The number of aromatic amines is 1. The number of rotatable bonds is 3.